The summed E-state index contributed by atoms with van der Waals surface area (Å²) in [4.78, 5) is 0. The highest BCUT2D eigenvalue weighted by Gasteiger charge is 2.24. The molecule has 1 fully saturated rings. The molecule has 2 heterocycles. The van der Waals surface area contributed by atoms with Crippen LogP contribution < -0.4 is 10.1 Å². The van der Waals surface area contributed by atoms with Crippen molar-refractivity contribution < 1.29 is 9.47 Å². The summed E-state index contributed by atoms with van der Waals surface area (Å²) < 4.78 is 11.3. The van der Waals surface area contributed by atoms with Crippen LogP contribution in [0.25, 0.3) is 0 Å². The topological polar surface area (TPSA) is 30.5 Å². The lowest BCUT2D eigenvalue weighted by molar-refractivity contribution is 0.0748. The fourth-order valence-corrected chi connectivity index (χ4v) is 2.80. The highest BCUT2D eigenvalue weighted by atomic mass is 35.5. The molecule has 4 heteroatoms. The molecule has 3 nitrogen and oxygen atoms in total. The van der Waals surface area contributed by atoms with E-state index >= 15 is 0 Å². The highest BCUT2D eigenvalue weighted by Crippen LogP contribution is 2.30. The molecular formula is C14H18ClNO2. The zero-order valence-electron chi connectivity index (χ0n) is 10.3. The van der Waals surface area contributed by atoms with Crippen molar-refractivity contribution in [3.8, 4) is 5.75 Å². The van der Waals surface area contributed by atoms with E-state index in [0.717, 1.165) is 49.8 Å². The molecule has 1 atom stereocenters. The van der Waals surface area contributed by atoms with Gasteiger partial charge < -0.3 is 14.8 Å². The Labute approximate surface area is 112 Å². The van der Waals surface area contributed by atoms with Gasteiger partial charge in [-0.05, 0) is 36.6 Å². The smallest absolute Gasteiger partial charge is 0.123 e. The van der Waals surface area contributed by atoms with Gasteiger partial charge in [-0.3, -0.25) is 0 Å². The van der Waals surface area contributed by atoms with Crippen LogP contribution in [0.4, 0.5) is 0 Å². The predicted octanol–water partition coefficient (Wildman–Crippen LogP) is 2.41. The van der Waals surface area contributed by atoms with Gasteiger partial charge in [0.15, 0.2) is 0 Å². The third-order valence-electron chi connectivity index (χ3n) is 3.62. The first kappa shape index (κ1) is 12.3. The van der Waals surface area contributed by atoms with E-state index in [1.807, 2.05) is 18.2 Å². The van der Waals surface area contributed by atoms with Crippen LogP contribution in [0.15, 0.2) is 18.2 Å². The first-order valence-electron chi connectivity index (χ1n) is 6.57. The Morgan fingerprint density at radius 1 is 1.28 bits per heavy atom. The molecule has 0 radical (unpaired) electrons. The fraction of sp³-hybridized carbons (Fsp3) is 0.571. The van der Waals surface area contributed by atoms with E-state index in [0.29, 0.717) is 6.04 Å². The van der Waals surface area contributed by atoms with E-state index < -0.39 is 0 Å². The zero-order valence-corrected chi connectivity index (χ0v) is 11.1. The van der Waals surface area contributed by atoms with Crippen LogP contribution in [0, 0.1) is 0 Å². The van der Waals surface area contributed by atoms with Crippen molar-refractivity contribution in [3.63, 3.8) is 0 Å². The van der Waals surface area contributed by atoms with Crippen LogP contribution in [-0.4, -0.2) is 31.9 Å². The molecule has 0 bridgehead atoms. The molecule has 1 N–H and O–H groups in total. The van der Waals surface area contributed by atoms with Gasteiger partial charge in [0.05, 0.1) is 0 Å². The Bertz CT molecular complexity index is 418. The molecule has 1 aromatic rings. The lowest BCUT2D eigenvalue weighted by Gasteiger charge is -2.24. The van der Waals surface area contributed by atoms with Crippen molar-refractivity contribution in [2.45, 2.75) is 31.4 Å². The van der Waals surface area contributed by atoms with Crippen LogP contribution >= 0.6 is 11.6 Å². The average Bonchev–Trinajstić information content (AvgIpc) is 2.79. The van der Waals surface area contributed by atoms with Crippen LogP contribution in [0.2, 0.25) is 5.02 Å². The second-order valence-corrected chi connectivity index (χ2v) is 5.43. The minimum absolute atomic E-state index is 0.237. The highest BCUT2D eigenvalue weighted by molar-refractivity contribution is 6.30. The van der Waals surface area contributed by atoms with E-state index in [-0.39, 0.29) is 6.10 Å². The number of ether oxygens (including phenoxy) is 2. The van der Waals surface area contributed by atoms with Crippen molar-refractivity contribution in [2.24, 2.45) is 0 Å². The molecule has 18 heavy (non-hydrogen) atoms. The van der Waals surface area contributed by atoms with Crippen molar-refractivity contribution in [2.75, 3.05) is 19.8 Å². The van der Waals surface area contributed by atoms with Gasteiger partial charge in [-0.15, -0.1) is 0 Å². The second kappa shape index (κ2) is 5.47. The minimum Gasteiger partial charge on any atom is -0.488 e. The Kier molecular flexibility index (Phi) is 3.73. The summed E-state index contributed by atoms with van der Waals surface area (Å²) in [7, 11) is 0. The number of rotatable bonds is 3. The molecule has 0 saturated carbocycles. The Morgan fingerprint density at radius 2 is 2.11 bits per heavy atom. The van der Waals surface area contributed by atoms with E-state index in [1.165, 1.54) is 5.56 Å². The van der Waals surface area contributed by atoms with Crippen LogP contribution in [-0.2, 0) is 11.2 Å². The van der Waals surface area contributed by atoms with Gasteiger partial charge in [0, 0.05) is 37.2 Å². The molecule has 1 aromatic carbocycles. The maximum Gasteiger partial charge on any atom is 0.123 e. The van der Waals surface area contributed by atoms with Crippen molar-refractivity contribution in [3.05, 3.63) is 28.8 Å². The lowest BCUT2D eigenvalue weighted by atomic mass is 10.1. The summed E-state index contributed by atoms with van der Waals surface area (Å²) in [5, 5.41) is 4.36. The Morgan fingerprint density at radius 3 is 2.94 bits per heavy atom. The quantitative estimate of drug-likeness (QED) is 0.912. The van der Waals surface area contributed by atoms with Gasteiger partial charge in [-0.25, -0.2) is 0 Å². The maximum absolute atomic E-state index is 5.98. The molecule has 0 spiro atoms. The predicted molar refractivity (Wildman–Crippen MR) is 71.4 cm³/mol. The van der Waals surface area contributed by atoms with Gasteiger partial charge >= 0.3 is 0 Å². The largest absolute Gasteiger partial charge is 0.488 e. The molecular weight excluding hydrogens is 250 g/mol. The maximum atomic E-state index is 5.98. The van der Waals surface area contributed by atoms with E-state index in [2.05, 4.69) is 5.32 Å². The summed E-state index contributed by atoms with van der Waals surface area (Å²) in [6.45, 7) is 2.65. The molecule has 0 aliphatic carbocycles. The number of benzene rings is 1. The van der Waals surface area contributed by atoms with Crippen LogP contribution in [0.3, 0.4) is 0 Å². The molecule has 2 aliphatic rings. The zero-order chi connectivity index (χ0) is 12.4. The van der Waals surface area contributed by atoms with E-state index in [9.17, 15) is 0 Å². The molecule has 1 saturated heterocycles. The molecule has 2 aliphatic heterocycles. The van der Waals surface area contributed by atoms with E-state index in [4.69, 9.17) is 21.1 Å². The van der Waals surface area contributed by atoms with Crippen molar-refractivity contribution >= 4 is 11.6 Å². The summed E-state index contributed by atoms with van der Waals surface area (Å²) in [5.74, 6) is 0.984. The fourth-order valence-electron chi connectivity index (χ4n) is 2.60. The van der Waals surface area contributed by atoms with Gasteiger partial charge in [0.25, 0.3) is 0 Å². The SMILES string of the molecule is Clc1ccc2c(c1)CC(CNC1CCOCC1)O2. The lowest BCUT2D eigenvalue weighted by Crippen LogP contribution is -2.40. The van der Waals surface area contributed by atoms with Crippen LogP contribution in [0.5, 0.6) is 5.75 Å². The monoisotopic (exact) mass is 267 g/mol. The Hall–Kier alpha value is -0.770. The Balaban J connectivity index is 1.51. The average molecular weight is 268 g/mol. The molecule has 3 rings (SSSR count). The van der Waals surface area contributed by atoms with Gasteiger partial charge in [-0.2, -0.15) is 0 Å². The summed E-state index contributed by atoms with van der Waals surface area (Å²) in [6.07, 6.45) is 3.39. The number of halogens is 1. The van der Waals surface area contributed by atoms with E-state index in [1.54, 1.807) is 0 Å². The van der Waals surface area contributed by atoms with Gasteiger partial charge in [-0.1, -0.05) is 11.6 Å². The number of fused-ring (bicyclic) bond motifs is 1. The number of hydrogen-bond acceptors (Lipinski definition) is 3. The first-order chi connectivity index (χ1) is 8.81. The molecule has 1 unspecified atom stereocenters. The van der Waals surface area contributed by atoms with Crippen LogP contribution in [0.1, 0.15) is 18.4 Å². The molecule has 0 aromatic heterocycles. The third kappa shape index (κ3) is 2.79. The first-order valence-corrected chi connectivity index (χ1v) is 6.95. The molecule has 98 valence electrons. The van der Waals surface area contributed by atoms with Crippen molar-refractivity contribution in [1.82, 2.24) is 5.32 Å². The summed E-state index contributed by atoms with van der Waals surface area (Å²) in [5.41, 5.74) is 1.22. The normalized spacial score (nSPS) is 23.7. The number of hydrogen-bond donors (Lipinski definition) is 1. The van der Waals surface area contributed by atoms with Crippen molar-refractivity contribution in [1.29, 1.82) is 0 Å². The molecule has 0 amide bonds. The second-order valence-electron chi connectivity index (χ2n) is 4.99. The minimum atomic E-state index is 0.237. The number of nitrogens with one attached hydrogen (secondary N) is 1. The third-order valence-corrected chi connectivity index (χ3v) is 3.85. The van der Waals surface area contributed by atoms with Gasteiger partial charge in [0.1, 0.15) is 11.9 Å². The standard InChI is InChI=1S/C14H18ClNO2/c15-11-1-2-14-10(7-11)8-13(18-14)9-16-12-3-5-17-6-4-12/h1-2,7,12-13,16H,3-6,8-9H2. The summed E-state index contributed by atoms with van der Waals surface area (Å²) in [6, 6.07) is 6.43. The summed E-state index contributed by atoms with van der Waals surface area (Å²) >= 11 is 5.98. The van der Waals surface area contributed by atoms with Gasteiger partial charge in [0.2, 0.25) is 0 Å².